The van der Waals surface area contributed by atoms with Crippen LogP contribution in [0.2, 0.25) is 0 Å². The van der Waals surface area contributed by atoms with Crippen LogP contribution in [0.3, 0.4) is 0 Å². The molecular weight excluding hydrogens is 278 g/mol. The van der Waals surface area contributed by atoms with Gasteiger partial charge in [0.1, 0.15) is 0 Å². The fraction of sp³-hybridized carbons (Fsp3) is 0.385. The van der Waals surface area contributed by atoms with Crippen LogP contribution in [0.5, 0.6) is 0 Å². The van der Waals surface area contributed by atoms with Crippen LogP contribution >= 0.6 is 0 Å². The van der Waals surface area contributed by atoms with Crippen molar-refractivity contribution in [2.24, 2.45) is 10.9 Å². The third kappa shape index (κ3) is 3.57. The van der Waals surface area contributed by atoms with Crippen LogP contribution in [0.25, 0.3) is 0 Å². The maximum absolute atomic E-state index is 12.0. The van der Waals surface area contributed by atoms with Crippen LogP contribution in [-0.2, 0) is 10.8 Å². The van der Waals surface area contributed by atoms with Gasteiger partial charge in [0.25, 0.3) is 5.91 Å². The second-order valence-electron chi connectivity index (χ2n) is 4.66. The molecule has 1 aliphatic rings. The van der Waals surface area contributed by atoms with Gasteiger partial charge in [-0.25, -0.2) is 0 Å². The van der Waals surface area contributed by atoms with Gasteiger partial charge in [0.2, 0.25) is 0 Å². The molecule has 1 aromatic rings. The monoisotopic (exact) mass is 295 g/mol. The predicted octanol–water partition coefficient (Wildman–Crippen LogP) is 0.422. The molecular formula is C13H17N3O3S. The van der Waals surface area contributed by atoms with E-state index < -0.39 is 10.8 Å². The van der Waals surface area contributed by atoms with E-state index in [1.807, 2.05) is 0 Å². The Bertz CT molecular complexity index is 532. The zero-order valence-electron chi connectivity index (χ0n) is 10.9. The number of hydrogen-bond acceptors (Lipinski definition) is 4. The molecule has 1 fully saturated rings. The molecule has 4 N–H and O–H groups in total. The Morgan fingerprint density at radius 1 is 1.25 bits per heavy atom. The minimum atomic E-state index is -0.732. The number of carbonyl (C=O) groups is 1. The number of hydrogen-bond donors (Lipinski definition) is 3. The molecule has 0 saturated carbocycles. The van der Waals surface area contributed by atoms with Crippen LogP contribution in [0.15, 0.2) is 29.4 Å². The predicted molar refractivity (Wildman–Crippen MR) is 77.3 cm³/mol. The zero-order valence-corrected chi connectivity index (χ0v) is 11.7. The summed E-state index contributed by atoms with van der Waals surface area (Å²) >= 11 is 0. The summed E-state index contributed by atoms with van der Waals surface area (Å²) in [5, 5.41) is 14.4. The van der Waals surface area contributed by atoms with E-state index in [-0.39, 0.29) is 17.8 Å². The van der Waals surface area contributed by atoms with Crippen molar-refractivity contribution in [1.82, 2.24) is 5.32 Å². The van der Waals surface area contributed by atoms with Gasteiger partial charge in [0, 0.05) is 39.5 Å². The van der Waals surface area contributed by atoms with Crippen LogP contribution in [0.4, 0.5) is 0 Å². The molecule has 1 amide bonds. The summed E-state index contributed by atoms with van der Waals surface area (Å²) in [4.78, 5) is 12.0. The summed E-state index contributed by atoms with van der Waals surface area (Å²) in [6.45, 7) is 0. The lowest BCUT2D eigenvalue weighted by Gasteiger charge is -2.22. The average Bonchev–Trinajstić information content (AvgIpc) is 2.49. The lowest BCUT2D eigenvalue weighted by atomic mass is 10.1. The Labute approximate surface area is 119 Å². The molecule has 0 bridgehead atoms. The summed E-state index contributed by atoms with van der Waals surface area (Å²) < 4.78 is 11.2. The van der Waals surface area contributed by atoms with Crippen molar-refractivity contribution in [2.45, 2.75) is 18.9 Å². The second-order valence-corrected chi connectivity index (χ2v) is 6.35. The molecule has 0 aromatic heterocycles. The van der Waals surface area contributed by atoms with Crippen molar-refractivity contribution in [1.29, 1.82) is 0 Å². The van der Waals surface area contributed by atoms with Gasteiger partial charge in [-0.15, -0.1) is 0 Å². The van der Waals surface area contributed by atoms with Crippen molar-refractivity contribution >= 4 is 22.5 Å². The van der Waals surface area contributed by atoms with Crippen LogP contribution in [0.1, 0.15) is 28.8 Å². The summed E-state index contributed by atoms with van der Waals surface area (Å²) in [6.07, 6.45) is 1.50. The van der Waals surface area contributed by atoms with Crippen molar-refractivity contribution in [2.75, 3.05) is 11.5 Å². The quantitative estimate of drug-likeness (QED) is 0.325. The lowest BCUT2D eigenvalue weighted by Crippen LogP contribution is -2.39. The maximum atomic E-state index is 12.0. The van der Waals surface area contributed by atoms with Crippen LogP contribution in [-0.4, -0.2) is 38.7 Å². The van der Waals surface area contributed by atoms with Gasteiger partial charge in [-0.3, -0.25) is 9.00 Å². The largest absolute Gasteiger partial charge is 0.409 e. The average molecular weight is 295 g/mol. The summed E-state index contributed by atoms with van der Waals surface area (Å²) in [5.74, 6) is 1.14. The van der Waals surface area contributed by atoms with Crippen LogP contribution in [0, 0.1) is 0 Å². The van der Waals surface area contributed by atoms with E-state index in [9.17, 15) is 9.00 Å². The maximum Gasteiger partial charge on any atom is 0.251 e. The number of carbonyl (C=O) groups excluding carboxylic acids is 1. The minimum Gasteiger partial charge on any atom is -0.409 e. The minimum absolute atomic E-state index is 0.00622. The highest BCUT2D eigenvalue weighted by atomic mass is 32.2. The topological polar surface area (TPSA) is 105 Å². The fourth-order valence-corrected chi connectivity index (χ4v) is 3.36. The molecule has 0 atom stereocenters. The van der Waals surface area contributed by atoms with Crippen molar-refractivity contribution in [3.8, 4) is 0 Å². The van der Waals surface area contributed by atoms with E-state index in [1.54, 1.807) is 24.3 Å². The number of nitrogens with one attached hydrogen (secondary N) is 1. The smallest absolute Gasteiger partial charge is 0.251 e. The third-order valence-electron chi connectivity index (χ3n) is 3.27. The fourth-order valence-electron chi connectivity index (χ4n) is 2.06. The van der Waals surface area contributed by atoms with E-state index in [0.717, 1.165) is 12.8 Å². The van der Waals surface area contributed by atoms with Crippen molar-refractivity contribution < 1.29 is 14.2 Å². The molecule has 6 nitrogen and oxygen atoms in total. The molecule has 0 unspecified atom stereocenters. The van der Waals surface area contributed by atoms with Gasteiger partial charge < -0.3 is 16.3 Å². The Kier molecular flexibility index (Phi) is 4.73. The molecule has 1 aliphatic heterocycles. The SMILES string of the molecule is N/C(=N/O)c1ccc(C(=O)NC2CCS(=O)CC2)cc1. The standard InChI is InChI=1S/C13H17N3O3S/c14-12(16-18)9-1-3-10(4-2-9)13(17)15-11-5-7-20(19)8-6-11/h1-4,11,18H,5-8H2,(H2,14,16)(H,15,17). The highest BCUT2D eigenvalue weighted by Gasteiger charge is 2.20. The number of nitrogens with two attached hydrogens (primary N) is 1. The first-order valence-corrected chi connectivity index (χ1v) is 7.82. The van der Waals surface area contributed by atoms with Gasteiger partial charge in [-0.1, -0.05) is 17.3 Å². The summed E-state index contributed by atoms with van der Waals surface area (Å²) in [6, 6.07) is 6.59. The summed E-state index contributed by atoms with van der Waals surface area (Å²) in [5.41, 5.74) is 6.53. The molecule has 1 saturated heterocycles. The highest BCUT2D eigenvalue weighted by molar-refractivity contribution is 7.85. The van der Waals surface area contributed by atoms with E-state index in [4.69, 9.17) is 10.9 Å². The molecule has 20 heavy (non-hydrogen) atoms. The van der Waals surface area contributed by atoms with Gasteiger partial charge >= 0.3 is 0 Å². The van der Waals surface area contributed by atoms with E-state index in [0.29, 0.717) is 22.6 Å². The van der Waals surface area contributed by atoms with Crippen LogP contribution < -0.4 is 11.1 Å². The first-order valence-electron chi connectivity index (χ1n) is 6.34. The molecule has 0 aliphatic carbocycles. The number of rotatable bonds is 3. The Hall–Kier alpha value is -1.89. The van der Waals surface area contributed by atoms with E-state index in [1.165, 1.54) is 0 Å². The number of nitrogens with zero attached hydrogens (tertiary/aromatic N) is 1. The molecule has 1 heterocycles. The number of amidine groups is 1. The first kappa shape index (κ1) is 14.5. The molecule has 0 radical (unpaired) electrons. The zero-order chi connectivity index (χ0) is 14.5. The molecule has 2 rings (SSSR count). The normalized spacial score (nSPS) is 23.3. The highest BCUT2D eigenvalue weighted by Crippen LogP contribution is 2.11. The van der Waals surface area contributed by atoms with Crippen molar-refractivity contribution in [3.63, 3.8) is 0 Å². The van der Waals surface area contributed by atoms with E-state index in [2.05, 4.69) is 10.5 Å². The lowest BCUT2D eigenvalue weighted by molar-refractivity contribution is 0.0934. The third-order valence-corrected chi connectivity index (χ3v) is 4.66. The van der Waals surface area contributed by atoms with Gasteiger partial charge in [0.05, 0.1) is 0 Å². The number of benzene rings is 1. The molecule has 0 spiro atoms. The Morgan fingerprint density at radius 3 is 2.35 bits per heavy atom. The van der Waals surface area contributed by atoms with Gasteiger partial charge in [-0.05, 0) is 25.0 Å². The second kappa shape index (κ2) is 6.51. The van der Waals surface area contributed by atoms with Gasteiger partial charge in [0.15, 0.2) is 5.84 Å². The summed E-state index contributed by atoms with van der Waals surface area (Å²) in [7, 11) is -0.732. The first-order chi connectivity index (χ1) is 9.60. The van der Waals surface area contributed by atoms with E-state index >= 15 is 0 Å². The Morgan fingerprint density at radius 2 is 1.80 bits per heavy atom. The number of amides is 1. The van der Waals surface area contributed by atoms with Crippen molar-refractivity contribution in [3.05, 3.63) is 35.4 Å². The molecule has 7 heteroatoms. The number of oxime groups is 1. The molecule has 1 aromatic carbocycles. The van der Waals surface area contributed by atoms with Gasteiger partial charge in [-0.2, -0.15) is 0 Å². The molecule has 108 valence electrons. The Balaban J connectivity index is 1.97.